The highest BCUT2D eigenvalue weighted by molar-refractivity contribution is 5.86. The number of hydrogen-bond acceptors (Lipinski definition) is 4. The van der Waals surface area contributed by atoms with Crippen LogP contribution in [0.1, 0.15) is 6.42 Å². The standard InChI is InChI=1S/C12H20N2O3/c15-12(16)11-1-3-13(4-2-11)5-6-14-7-9-17-10-8-14/h1H,2-10H2,(H,15,16). The van der Waals surface area contributed by atoms with E-state index in [2.05, 4.69) is 9.80 Å². The van der Waals surface area contributed by atoms with Gasteiger partial charge in [-0.1, -0.05) is 6.08 Å². The van der Waals surface area contributed by atoms with E-state index in [1.807, 2.05) is 6.08 Å². The van der Waals surface area contributed by atoms with Crippen molar-refractivity contribution in [2.45, 2.75) is 6.42 Å². The van der Waals surface area contributed by atoms with Crippen LogP contribution in [0.3, 0.4) is 0 Å². The average molecular weight is 240 g/mol. The van der Waals surface area contributed by atoms with Gasteiger partial charge in [0.15, 0.2) is 0 Å². The van der Waals surface area contributed by atoms with Crippen LogP contribution in [0, 0.1) is 0 Å². The van der Waals surface area contributed by atoms with Crippen LogP contribution in [0.25, 0.3) is 0 Å². The lowest BCUT2D eigenvalue weighted by atomic mass is 10.1. The first-order valence-corrected chi connectivity index (χ1v) is 6.20. The molecule has 5 heteroatoms. The number of ether oxygens (including phenoxy) is 1. The van der Waals surface area contributed by atoms with Crippen LogP contribution in [0.15, 0.2) is 11.6 Å². The van der Waals surface area contributed by atoms with E-state index in [4.69, 9.17) is 9.84 Å². The average Bonchev–Trinajstić information content (AvgIpc) is 2.38. The number of aliphatic carboxylic acids is 1. The fourth-order valence-electron chi connectivity index (χ4n) is 2.22. The molecule has 1 saturated heterocycles. The van der Waals surface area contributed by atoms with Gasteiger partial charge in [0.2, 0.25) is 0 Å². The quantitative estimate of drug-likeness (QED) is 0.751. The minimum Gasteiger partial charge on any atom is -0.478 e. The number of carbonyl (C=O) groups is 1. The van der Waals surface area contributed by atoms with Crippen LogP contribution in [0.4, 0.5) is 0 Å². The fraction of sp³-hybridized carbons (Fsp3) is 0.750. The molecule has 0 aromatic carbocycles. The second-order valence-electron chi connectivity index (χ2n) is 4.54. The molecule has 1 N–H and O–H groups in total. The number of morpholine rings is 1. The lowest BCUT2D eigenvalue weighted by Gasteiger charge is -2.31. The SMILES string of the molecule is O=C(O)C1=CCN(CCN2CCOCC2)CC1. The molecule has 17 heavy (non-hydrogen) atoms. The third-order valence-electron chi connectivity index (χ3n) is 3.40. The number of carboxylic acid groups (broad SMARTS) is 1. The van der Waals surface area contributed by atoms with Crippen LogP contribution in [0.5, 0.6) is 0 Å². The first-order chi connectivity index (χ1) is 8.25. The molecule has 0 amide bonds. The highest BCUT2D eigenvalue weighted by Gasteiger charge is 2.17. The lowest BCUT2D eigenvalue weighted by Crippen LogP contribution is -2.42. The summed E-state index contributed by atoms with van der Waals surface area (Å²) in [5, 5.41) is 8.85. The molecule has 0 spiro atoms. The molecule has 2 rings (SSSR count). The molecule has 0 aromatic rings. The van der Waals surface area contributed by atoms with Crippen molar-refractivity contribution >= 4 is 5.97 Å². The van der Waals surface area contributed by atoms with Crippen LogP contribution in [-0.4, -0.2) is 73.4 Å². The van der Waals surface area contributed by atoms with E-state index in [0.29, 0.717) is 12.0 Å². The maximum atomic E-state index is 10.8. The Morgan fingerprint density at radius 2 is 1.94 bits per heavy atom. The summed E-state index contributed by atoms with van der Waals surface area (Å²) < 4.78 is 5.30. The monoisotopic (exact) mass is 240 g/mol. The summed E-state index contributed by atoms with van der Waals surface area (Å²) in [4.78, 5) is 15.5. The van der Waals surface area contributed by atoms with E-state index in [9.17, 15) is 4.79 Å². The van der Waals surface area contributed by atoms with Crippen molar-refractivity contribution in [1.29, 1.82) is 0 Å². The van der Waals surface area contributed by atoms with E-state index in [-0.39, 0.29) is 0 Å². The molecule has 96 valence electrons. The first kappa shape index (κ1) is 12.5. The molecule has 2 heterocycles. The Balaban J connectivity index is 1.69. The third-order valence-corrected chi connectivity index (χ3v) is 3.40. The van der Waals surface area contributed by atoms with E-state index >= 15 is 0 Å². The van der Waals surface area contributed by atoms with Crippen molar-refractivity contribution in [2.75, 3.05) is 52.5 Å². The van der Waals surface area contributed by atoms with Gasteiger partial charge in [0, 0.05) is 44.8 Å². The zero-order valence-corrected chi connectivity index (χ0v) is 10.1. The molecule has 0 aliphatic carbocycles. The minimum absolute atomic E-state index is 0.563. The number of rotatable bonds is 4. The normalized spacial score (nSPS) is 23.4. The van der Waals surface area contributed by atoms with E-state index in [1.54, 1.807) is 0 Å². The minimum atomic E-state index is -0.766. The summed E-state index contributed by atoms with van der Waals surface area (Å²) in [6.45, 7) is 7.41. The Bertz CT molecular complexity index is 298. The zero-order chi connectivity index (χ0) is 12.1. The molecule has 0 bridgehead atoms. The predicted molar refractivity (Wildman–Crippen MR) is 64.0 cm³/mol. The van der Waals surface area contributed by atoms with Crippen LogP contribution in [-0.2, 0) is 9.53 Å². The predicted octanol–water partition coefficient (Wildman–Crippen LogP) is 0.0353. The fourth-order valence-corrected chi connectivity index (χ4v) is 2.22. The molecule has 1 fully saturated rings. The molecule has 0 radical (unpaired) electrons. The van der Waals surface area contributed by atoms with Crippen molar-refractivity contribution in [3.8, 4) is 0 Å². The second-order valence-corrected chi connectivity index (χ2v) is 4.54. The maximum absolute atomic E-state index is 10.8. The first-order valence-electron chi connectivity index (χ1n) is 6.20. The van der Waals surface area contributed by atoms with E-state index in [0.717, 1.165) is 52.5 Å². The largest absolute Gasteiger partial charge is 0.478 e. The van der Waals surface area contributed by atoms with Crippen molar-refractivity contribution in [3.05, 3.63) is 11.6 Å². The Hall–Kier alpha value is -0.910. The summed E-state index contributed by atoms with van der Waals surface area (Å²) in [5.74, 6) is -0.766. The second kappa shape index (κ2) is 6.14. The van der Waals surface area contributed by atoms with E-state index in [1.165, 1.54) is 0 Å². The van der Waals surface area contributed by atoms with Crippen LogP contribution < -0.4 is 0 Å². The highest BCUT2D eigenvalue weighted by atomic mass is 16.5. The van der Waals surface area contributed by atoms with Gasteiger partial charge in [-0.05, 0) is 6.42 Å². The summed E-state index contributed by atoms with van der Waals surface area (Å²) in [7, 11) is 0. The summed E-state index contributed by atoms with van der Waals surface area (Å²) in [5.41, 5.74) is 0.563. The van der Waals surface area contributed by atoms with Gasteiger partial charge < -0.3 is 9.84 Å². The number of hydrogen-bond donors (Lipinski definition) is 1. The molecule has 0 unspecified atom stereocenters. The maximum Gasteiger partial charge on any atom is 0.331 e. The van der Waals surface area contributed by atoms with Gasteiger partial charge in [0.05, 0.1) is 13.2 Å². The van der Waals surface area contributed by atoms with Crippen molar-refractivity contribution in [2.24, 2.45) is 0 Å². The van der Waals surface area contributed by atoms with Crippen molar-refractivity contribution in [1.82, 2.24) is 9.80 Å². The Labute approximate surface area is 102 Å². The Morgan fingerprint density at radius 1 is 1.24 bits per heavy atom. The molecule has 5 nitrogen and oxygen atoms in total. The van der Waals surface area contributed by atoms with Gasteiger partial charge in [-0.3, -0.25) is 9.80 Å². The molecule has 2 aliphatic heterocycles. The van der Waals surface area contributed by atoms with Gasteiger partial charge in [-0.2, -0.15) is 0 Å². The van der Waals surface area contributed by atoms with E-state index < -0.39 is 5.97 Å². The summed E-state index contributed by atoms with van der Waals surface area (Å²) in [6, 6.07) is 0. The Morgan fingerprint density at radius 3 is 2.53 bits per heavy atom. The molecule has 2 aliphatic rings. The highest BCUT2D eigenvalue weighted by Crippen LogP contribution is 2.10. The van der Waals surface area contributed by atoms with Crippen LogP contribution in [0.2, 0.25) is 0 Å². The van der Waals surface area contributed by atoms with Gasteiger partial charge in [-0.15, -0.1) is 0 Å². The smallest absolute Gasteiger partial charge is 0.331 e. The molecular formula is C12H20N2O3. The van der Waals surface area contributed by atoms with Crippen molar-refractivity contribution < 1.29 is 14.6 Å². The molecule has 0 saturated carbocycles. The summed E-state index contributed by atoms with van der Waals surface area (Å²) >= 11 is 0. The van der Waals surface area contributed by atoms with Crippen LogP contribution >= 0.6 is 0 Å². The molecular weight excluding hydrogens is 220 g/mol. The van der Waals surface area contributed by atoms with Gasteiger partial charge in [-0.25, -0.2) is 4.79 Å². The third kappa shape index (κ3) is 3.80. The number of carboxylic acids is 1. The van der Waals surface area contributed by atoms with Gasteiger partial charge in [0.25, 0.3) is 0 Å². The lowest BCUT2D eigenvalue weighted by molar-refractivity contribution is -0.133. The zero-order valence-electron chi connectivity index (χ0n) is 10.1. The Kier molecular flexibility index (Phi) is 4.53. The van der Waals surface area contributed by atoms with Gasteiger partial charge in [0.1, 0.15) is 0 Å². The summed E-state index contributed by atoms with van der Waals surface area (Å²) in [6.07, 6.45) is 2.50. The topological polar surface area (TPSA) is 53.0 Å². The van der Waals surface area contributed by atoms with Gasteiger partial charge >= 0.3 is 5.97 Å². The number of nitrogens with zero attached hydrogens (tertiary/aromatic N) is 2. The van der Waals surface area contributed by atoms with Crippen molar-refractivity contribution in [3.63, 3.8) is 0 Å². The molecule has 0 aromatic heterocycles. The molecule has 0 atom stereocenters.